The molecule has 2 bridgehead atoms. The Bertz CT molecular complexity index is 870. The fraction of sp³-hybridized carbons (Fsp3) is 0.815. The molecule has 0 saturated heterocycles. The number of hydrogen-bond donors (Lipinski definition) is 0. The van der Waals surface area contributed by atoms with Crippen LogP contribution in [0.1, 0.15) is 79.1 Å². The highest BCUT2D eigenvalue weighted by Crippen LogP contribution is 2.74. The number of esters is 1. The third-order valence-electron chi connectivity index (χ3n) is 10.7. The summed E-state index contributed by atoms with van der Waals surface area (Å²) < 4.78 is 5.30. The van der Waals surface area contributed by atoms with E-state index in [1.54, 1.807) is 0 Å². The van der Waals surface area contributed by atoms with Crippen LogP contribution in [-0.2, 0) is 19.1 Å². The number of hydrogen-bond acceptors (Lipinski definition) is 4. The lowest BCUT2D eigenvalue weighted by atomic mass is 9.33. The lowest BCUT2D eigenvalue weighted by molar-refractivity contribution is -0.201. The largest absolute Gasteiger partial charge is 0.469 e. The maximum absolute atomic E-state index is 13.4. The fourth-order valence-corrected chi connectivity index (χ4v) is 9.56. The van der Waals surface area contributed by atoms with E-state index in [0.717, 1.165) is 38.5 Å². The number of methoxy groups -OCH3 is 1. The number of fused-ring (bicyclic) bond motifs is 1. The van der Waals surface area contributed by atoms with Gasteiger partial charge in [-0.1, -0.05) is 38.8 Å². The highest BCUT2D eigenvalue weighted by atomic mass is 16.5. The zero-order chi connectivity index (χ0) is 22.3. The monoisotopic (exact) mass is 426 g/mol. The Labute approximate surface area is 186 Å². The van der Waals surface area contributed by atoms with Gasteiger partial charge in [0.25, 0.3) is 0 Å². The van der Waals surface area contributed by atoms with Crippen LogP contribution in [0.2, 0.25) is 0 Å². The minimum absolute atomic E-state index is 0.00242. The maximum Gasteiger partial charge on any atom is 0.311 e. The Hall–Kier alpha value is -1.45. The summed E-state index contributed by atoms with van der Waals surface area (Å²) in [5.41, 5.74) is 0.777. The summed E-state index contributed by atoms with van der Waals surface area (Å²) in [6, 6.07) is 0. The van der Waals surface area contributed by atoms with E-state index in [4.69, 9.17) is 4.74 Å². The first-order chi connectivity index (χ1) is 14.6. The summed E-state index contributed by atoms with van der Waals surface area (Å²) in [7, 11) is 1.51. The van der Waals surface area contributed by atoms with E-state index in [1.807, 2.05) is 0 Å². The number of allylic oxidation sites excluding steroid dienone is 2. The molecule has 8 atom stereocenters. The van der Waals surface area contributed by atoms with Crippen molar-refractivity contribution in [2.75, 3.05) is 7.11 Å². The summed E-state index contributed by atoms with van der Waals surface area (Å²) in [6.07, 6.45) is 9.25. The van der Waals surface area contributed by atoms with Gasteiger partial charge in [-0.15, -0.1) is 0 Å². The van der Waals surface area contributed by atoms with Crippen LogP contribution in [0.5, 0.6) is 0 Å². The first-order valence-corrected chi connectivity index (χ1v) is 12.5. The standard InChI is InChI=1S/C27H38O4/c1-15(2)17-14-27-12-9-20-25(3,10-6-11-26(20,4)24(30)31-5)21(27)13-16(17)22-18(28)7-8-19(29)23(22)27/h14-16,20-23H,6-13H2,1-5H3/t16-,20+,21-,22-,23+,25-,26+,27-/m0/s1. The van der Waals surface area contributed by atoms with E-state index in [9.17, 15) is 14.4 Å². The first-order valence-electron chi connectivity index (χ1n) is 12.5. The number of ketones is 2. The molecule has 0 heterocycles. The summed E-state index contributed by atoms with van der Waals surface area (Å²) in [5.74, 6) is 1.61. The molecule has 0 aromatic heterocycles. The minimum atomic E-state index is -0.448. The van der Waals surface area contributed by atoms with Gasteiger partial charge in [-0.25, -0.2) is 0 Å². The minimum Gasteiger partial charge on any atom is -0.469 e. The first kappa shape index (κ1) is 21.4. The molecule has 4 saturated carbocycles. The summed E-state index contributed by atoms with van der Waals surface area (Å²) in [6.45, 7) is 9.00. The van der Waals surface area contributed by atoms with Gasteiger partial charge >= 0.3 is 5.97 Å². The van der Waals surface area contributed by atoms with Gasteiger partial charge in [0.15, 0.2) is 0 Å². The molecule has 0 aromatic rings. The summed E-state index contributed by atoms with van der Waals surface area (Å²) >= 11 is 0. The van der Waals surface area contributed by atoms with Crippen molar-refractivity contribution in [3.8, 4) is 0 Å². The molecule has 0 aliphatic heterocycles. The van der Waals surface area contributed by atoms with Gasteiger partial charge < -0.3 is 4.74 Å². The predicted molar refractivity (Wildman–Crippen MR) is 118 cm³/mol. The fourth-order valence-electron chi connectivity index (χ4n) is 9.56. The highest BCUT2D eigenvalue weighted by molar-refractivity contribution is 5.98. The number of carbonyl (C=O) groups is 3. The molecule has 0 radical (unpaired) electrons. The van der Waals surface area contributed by atoms with Crippen LogP contribution in [0, 0.1) is 51.8 Å². The Balaban J connectivity index is 1.65. The van der Waals surface area contributed by atoms with Crippen LogP contribution in [0.15, 0.2) is 11.6 Å². The van der Waals surface area contributed by atoms with Crippen LogP contribution < -0.4 is 0 Å². The maximum atomic E-state index is 13.4. The van der Waals surface area contributed by atoms with E-state index in [-0.39, 0.29) is 40.5 Å². The number of ether oxygens (including phenoxy) is 1. The van der Waals surface area contributed by atoms with Gasteiger partial charge in [0.1, 0.15) is 11.6 Å². The molecule has 6 aliphatic rings. The van der Waals surface area contributed by atoms with Gasteiger partial charge in [-0.2, -0.15) is 0 Å². The lowest BCUT2D eigenvalue weighted by Gasteiger charge is -2.70. The van der Waals surface area contributed by atoms with E-state index in [0.29, 0.717) is 36.2 Å². The third kappa shape index (κ3) is 2.57. The smallest absolute Gasteiger partial charge is 0.311 e. The van der Waals surface area contributed by atoms with Gasteiger partial charge in [0.2, 0.25) is 0 Å². The molecular formula is C27H38O4. The van der Waals surface area contributed by atoms with Gasteiger partial charge in [-0.3, -0.25) is 14.4 Å². The molecule has 0 amide bonds. The van der Waals surface area contributed by atoms with Crippen molar-refractivity contribution in [2.45, 2.75) is 79.1 Å². The average Bonchev–Trinajstić information content (AvgIpc) is 2.74. The highest BCUT2D eigenvalue weighted by Gasteiger charge is 2.70. The van der Waals surface area contributed by atoms with Crippen molar-refractivity contribution in [3.63, 3.8) is 0 Å². The predicted octanol–water partition coefficient (Wildman–Crippen LogP) is 5.15. The number of carbonyl (C=O) groups excluding carboxylic acids is 3. The van der Waals surface area contributed by atoms with Gasteiger partial charge in [0, 0.05) is 30.1 Å². The second-order valence-electron chi connectivity index (χ2n) is 12.1. The van der Waals surface area contributed by atoms with Gasteiger partial charge in [-0.05, 0) is 68.1 Å². The zero-order valence-electron chi connectivity index (χ0n) is 19.8. The molecule has 31 heavy (non-hydrogen) atoms. The van der Waals surface area contributed by atoms with Crippen molar-refractivity contribution in [3.05, 3.63) is 11.6 Å². The van der Waals surface area contributed by atoms with Crippen LogP contribution in [0.25, 0.3) is 0 Å². The third-order valence-corrected chi connectivity index (χ3v) is 10.7. The number of rotatable bonds is 2. The van der Waals surface area contributed by atoms with Crippen molar-refractivity contribution >= 4 is 17.5 Å². The van der Waals surface area contributed by atoms with E-state index in [2.05, 4.69) is 33.8 Å². The summed E-state index contributed by atoms with van der Waals surface area (Å²) in [5, 5.41) is 0. The van der Waals surface area contributed by atoms with Crippen molar-refractivity contribution in [1.29, 1.82) is 0 Å². The summed E-state index contributed by atoms with van der Waals surface area (Å²) in [4.78, 5) is 39.5. The molecule has 4 fully saturated rings. The zero-order valence-corrected chi connectivity index (χ0v) is 19.8. The molecule has 4 nitrogen and oxygen atoms in total. The van der Waals surface area contributed by atoms with E-state index >= 15 is 0 Å². The Kier molecular flexibility index (Phi) is 4.68. The topological polar surface area (TPSA) is 60.4 Å². The normalized spacial score (nSPS) is 48.6. The molecule has 0 aromatic carbocycles. The van der Waals surface area contributed by atoms with Crippen LogP contribution in [-0.4, -0.2) is 24.6 Å². The molecule has 1 spiro atoms. The molecule has 0 N–H and O–H groups in total. The second-order valence-corrected chi connectivity index (χ2v) is 12.1. The SMILES string of the molecule is COC(=O)[C@]1(C)CCC[C@@]2(C)[C@H]1CC[C@]13C=C(C(C)C)[C@H](C[C@@H]21)[C@H]1C(=O)CCC(=O)[C@H]13. The van der Waals surface area contributed by atoms with Crippen molar-refractivity contribution < 1.29 is 19.1 Å². The van der Waals surface area contributed by atoms with Crippen LogP contribution in [0.4, 0.5) is 0 Å². The number of Topliss-reactive ketones (excluding diaryl/α,β-unsaturated/α-hetero) is 2. The van der Waals surface area contributed by atoms with Crippen LogP contribution >= 0.6 is 0 Å². The van der Waals surface area contributed by atoms with Crippen LogP contribution in [0.3, 0.4) is 0 Å². The molecular weight excluding hydrogens is 388 g/mol. The molecule has 6 aliphatic carbocycles. The van der Waals surface area contributed by atoms with Crippen molar-refractivity contribution in [2.24, 2.45) is 51.8 Å². The molecule has 0 unspecified atom stereocenters. The van der Waals surface area contributed by atoms with Gasteiger partial charge in [0.05, 0.1) is 12.5 Å². The molecule has 170 valence electrons. The second kappa shape index (κ2) is 6.78. The quantitative estimate of drug-likeness (QED) is 0.453. The van der Waals surface area contributed by atoms with E-state index < -0.39 is 5.41 Å². The Morgan fingerprint density at radius 1 is 1.06 bits per heavy atom. The lowest BCUT2D eigenvalue weighted by Crippen LogP contribution is -2.67. The Morgan fingerprint density at radius 3 is 2.45 bits per heavy atom. The average molecular weight is 427 g/mol. The molecule has 4 heteroatoms. The Morgan fingerprint density at radius 2 is 1.77 bits per heavy atom. The molecule has 6 rings (SSSR count). The van der Waals surface area contributed by atoms with E-state index in [1.165, 1.54) is 12.7 Å². The van der Waals surface area contributed by atoms with Crippen molar-refractivity contribution in [1.82, 2.24) is 0 Å².